The van der Waals surface area contributed by atoms with Crippen LogP contribution in [0.2, 0.25) is 0 Å². The van der Waals surface area contributed by atoms with Crippen molar-refractivity contribution >= 4 is 0 Å². The molecule has 3 rings (SSSR count). The number of nitrogens with one attached hydrogen (secondary N) is 1. The van der Waals surface area contributed by atoms with Crippen LogP contribution in [-0.2, 0) is 4.74 Å². The molecule has 3 unspecified atom stereocenters. The second kappa shape index (κ2) is 5.89. The fraction of sp³-hybridized carbons (Fsp3) is 1.00. The number of ether oxygens (including phenoxy) is 1. The molecule has 0 aromatic heterocycles. The first-order chi connectivity index (χ1) is 8.83. The van der Waals surface area contributed by atoms with Crippen LogP contribution in [0.3, 0.4) is 0 Å². The monoisotopic (exact) mass is 252 g/mol. The summed E-state index contributed by atoms with van der Waals surface area (Å²) in [5.41, 5.74) is 0. The van der Waals surface area contributed by atoms with Gasteiger partial charge in [0, 0.05) is 31.8 Å². The van der Waals surface area contributed by atoms with Gasteiger partial charge in [0.1, 0.15) is 0 Å². The minimum absolute atomic E-state index is 0.707. The molecule has 2 saturated heterocycles. The molecule has 3 fully saturated rings. The lowest BCUT2D eigenvalue weighted by molar-refractivity contribution is -0.00980. The summed E-state index contributed by atoms with van der Waals surface area (Å²) in [6.07, 6.45) is 6.91. The summed E-state index contributed by atoms with van der Waals surface area (Å²) >= 11 is 0. The first-order valence-corrected chi connectivity index (χ1v) is 7.88. The summed E-state index contributed by atoms with van der Waals surface area (Å²) in [6.45, 7) is 8.13. The SMILES string of the molecule is CC1COCCC1N(CC1CC1)CC1CCCN1. The Labute approximate surface area is 111 Å². The summed E-state index contributed by atoms with van der Waals surface area (Å²) in [5.74, 6) is 1.71. The minimum atomic E-state index is 0.707. The molecule has 2 heterocycles. The van der Waals surface area contributed by atoms with E-state index >= 15 is 0 Å². The number of hydrogen-bond donors (Lipinski definition) is 1. The van der Waals surface area contributed by atoms with Crippen molar-refractivity contribution in [3.05, 3.63) is 0 Å². The van der Waals surface area contributed by atoms with E-state index < -0.39 is 0 Å². The van der Waals surface area contributed by atoms with Crippen LogP contribution in [0.1, 0.15) is 39.0 Å². The molecule has 1 saturated carbocycles. The number of hydrogen-bond acceptors (Lipinski definition) is 3. The fourth-order valence-corrected chi connectivity index (χ4v) is 3.58. The van der Waals surface area contributed by atoms with E-state index in [-0.39, 0.29) is 0 Å². The molecule has 0 aromatic carbocycles. The second-order valence-corrected chi connectivity index (χ2v) is 6.60. The zero-order valence-corrected chi connectivity index (χ0v) is 11.7. The lowest BCUT2D eigenvalue weighted by Crippen LogP contribution is -2.49. The molecule has 1 N–H and O–H groups in total. The Morgan fingerprint density at radius 1 is 1.17 bits per heavy atom. The first kappa shape index (κ1) is 12.9. The van der Waals surface area contributed by atoms with Crippen LogP contribution in [-0.4, -0.2) is 49.8 Å². The van der Waals surface area contributed by atoms with Crippen molar-refractivity contribution in [2.45, 2.75) is 51.1 Å². The molecule has 0 aromatic rings. The van der Waals surface area contributed by atoms with Crippen molar-refractivity contribution in [3.63, 3.8) is 0 Å². The Morgan fingerprint density at radius 2 is 2.06 bits per heavy atom. The van der Waals surface area contributed by atoms with Crippen LogP contribution in [0.25, 0.3) is 0 Å². The maximum atomic E-state index is 5.61. The van der Waals surface area contributed by atoms with Crippen LogP contribution in [0.15, 0.2) is 0 Å². The van der Waals surface area contributed by atoms with Crippen molar-refractivity contribution in [2.75, 3.05) is 32.8 Å². The lowest BCUT2D eigenvalue weighted by atomic mass is 9.95. The van der Waals surface area contributed by atoms with Gasteiger partial charge in [0.05, 0.1) is 6.61 Å². The lowest BCUT2D eigenvalue weighted by Gasteiger charge is -2.40. The van der Waals surface area contributed by atoms with Crippen LogP contribution in [0.4, 0.5) is 0 Å². The van der Waals surface area contributed by atoms with Gasteiger partial charge in [0.2, 0.25) is 0 Å². The van der Waals surface area contributed by atoms with Crippen LogP contribution >= 0.6 is 0 Å². The summed E-state index contributed by atoms with van der Waals surface area (Å²) in [7, 11) is 0. The van der Waals surface area contributed by atoms with Gasteiger partial charge in [-0.05, 0) is 50.5 Å². The Bertz CT molecular complexity index is 261. The minimum Gasteiger partial charge on any atom is -0.381 e. The Morgan fingerprint density at radius 3 is 2.72 bits per heavy atom. The molecule has 0 radical (unpaired) electrons. The van der Waals surface area contributed by atoms with E-state index in [9.17, 15) is 0 Å². The molecule has 104 valence electrons. The largest absolute Gasteiger partial charge is 0.381 e. The highest BCUT2D eigenvalue weighted by Crippen LogP contribution is 2.32. The normalized spacial score (nSPS) is 37.3. The van der Waals surface area contributed by atoms with Gasteiger partial charge in [-0.15, -0.1) is 0 Å². The topological polar surface area (TPSA) is 24.5 Å². The molecule has 3 nitrogen and oxygen atoms in total. The van der Waals surface area contributed by atoms with Crippen molar-refractivity contribution in [1.29, 1.82) is 0 Å². The maximum absolute atomic E-state index is 5.61. The highest BCUT2D eigenvalue weighted by molar-refractivity contribution is 4.88. The van der Waals surface area contributed by atoms with Gasteiger partial charge in [0.15, 0.2) is 0 Å². The smallest absolute Gasteiger partial charge is 0.0506 e. The average Bonchev–Trinajstić information content (AvgIpc) is 3.03. The highest BCUT2D eigenvalue weighted by Gasteiger charge is 2.33. The summed E-state index contributed by atoms with van der Waals surface area (Å²) in [5, 5.41) is 3.66. The zero-order chi connectivity index (χ0) is 12.4. The van der Waals surface area contributed by atoms with E-state index in [0.29, 0.717) is 5.92 Å². The summed E-state index contributed by atoms with van der Waals surface area (Å²) in [4.78, 5) is 2.80. The predicted octanol–water partition coefficient (Wildman–Crippen LogP) is 1.88. The molecule has 3 aliphatic rings. The van der Waals surface area contributed by atoms with E-state index in [2.05, 4.69) is 17.1 Å². The summed E-state index contributed by atoms with van der Waals surface area (Å²) < 4.78 is 5.61. The fourth-order valence-electron chi connectivity index (χ4n) is 3.58. The van der Waals surface area contributed by atoms with Gasteiger partial charge in [-0.2, -0.15) is 0 Å². The predicted molar refractivity (Wildman–Crippen MR) is 73.7 cm³/mol. The van der Waals surface area contributed by atoms with Gasteiger partial charge in [-0.25, -0.2) is 0 Å². The molecule has 3 atom stereocenters. The molecule has 1 aliphatic carbocycles. The van der Waals surface area contributed by atoms with Crippen molar-refractivity contribution in [1.82, 2.24) is 10.2 Å². The van der Waals surface area contributed by atoms with E-state index in [4.69, 9.17) is 4.74 Å². The quantitative estimate of drug-likeness (QED) is 0.808. The van der Waals surface area contributed by atoms with Gasteiger partial charge < -0.3 is 10.1 Å². The molecule has 2 aliphatic heterocycles. The molecule has 0 bridgehead atoms. The van der Waals surface area contributed by atoms with E-state index in [0.717, 1.165) is 31.2 Å². The Hall–Kier alpha value is -0.120. The van der Waals surface area contributed by atoms with Gasteiger partial charge in [-0.1, -0.05) is 6.92 Å². The molecule has 0 spiro atoms. The molecular formula is C15H28N2O. The van der Waals surface area contributed by atoms with Gasteiger partial charge in [-0.3, -0.25) is 4.90 Å². The molecule has 0 amide bonds. The first-order valence-electron chi connectivity index (χ1n) is 7.88. The molecule has 3 heteroatoms. The van der Waals surface area contributed by atoms with Gasteiger partial charge >= 0.3 is 0 Å². The third-order valence-electron chi connectivity index (χ3n) is 4.87. The molecular weight excluding hydrogens is 224 g/mol. The summed E-state index contributed by atoms with van der Waals surface area (Å²) in [6, 6.07) is 1.51. The Kier molecular flexibility index (Phi) is 4.22. The molecule has 18 heavy (non-hydrogen) atoms. The number of rotatable bonds is 5. The van der Waals surface area contributed by atoms with E-state index in [1.807, 2.05) is 0 Å². The van der Waals surface area contributed by atoms with Crippen molar-refractivity contribution in [2.24, 2.45) is 11.8 Å². The highest BCUT2D eigenvalue weighted by atomic mass is 16.5. The van der Waals surface area contributed by atoms with Crippen LogP contribution in [0.5, 0.6) is 0 Å². The number of nitrogens with zero attached hydrogens (tertiary/aromatic N) is 1. The second-order valence-electron chi connectivity index (χ2n) is 6.60. The van der Waals surface area contributed by atoms with E-state index in [1.165, 1.54) is 51.7 Å². The zero-order valence-electron chi connectivity index (χ0n) is 11.7. The van der Waals surface area contributed by atoms with Crippen molar-refractivity contribution < 1.29 is 4.74 Å². The third kappa shape index (κ3) is 3.25. The maximum Gasteiger partial charge on any atom is 0.0506 e. The van der Waals surface area contributed by atoms with Gasteiger partial charge in [0.25, 0.3) is 0 Å². The van der Waals surface area contributed by atoms with Crippen molar-refractivity contribution in [3.8, 4) is 0 Å². The van der Waals surface area contributed by atoms with Crippen LogP contribution in [0, 0.1) is 11.8 Å². The third-order valence-corrected chi connectivity index (χ3v) is 4.87. The van der Waals surface area contributed by atoms with Crippen LogP contribution < -0.4 is 5.32 Å². The van der Waals surface area contributed by atoms with E-state index in [1.54, 1.807) is 0 Å². The Balaban J connectivity index is 1.59. The average molecular weight is 252 g/mol. The standard InChI is InChI=1S/C15H28N2O/c1-12-11-18-8-6-15(12)17(9-13-4-5-13)10-14-3-2-7-16-14/h12-16H,2-11H2,1H3.